The summed E-state index contributed by atoms with van der Waals surface area (Å²) in [4.78, 5) is 25.4. The van der Waals surface area contributed by atoms with Gasteiger partial charge in [-0.1, -0.05) is 20.3 Å². The maximum Gasteiger partial charge on any atom is 0.354 e. The fourth-order valence-electron chi connectivity index (χ4n) is 3.03. The van der Waals surface area contributed by atoms with Crippen molar-refractivity contribution in [1.29, 1.82) is 0 Å². The summed E-state index contributed by atoms with van der Waals surface area (Å²) in [5.74, 6) is -0.179. The summed E-state index contributed by atoms with van der Waals surface area (Å²) in [7, 11) is 0. The van der Waals surface area contributed by atoms with Crippen molar-refractivity contribution < 1.29 is 14.8 Å². The van der Waals surface area contributed by atoms with Crippen molar-refractivity contribution in [3.63, 3.8) is 0 Å². The first-order chi connectivity index (χ1) is 9.93. The molecule has 0 amide bonds. The summed E-state index contributed by atoms with van der Waals surface area (Å²) < 4.78 is 0. The summed E-state index contributed by atoms with van der Waals surface area (Å²) in [5.41, 5.74) is -0.382. The molecule has 7 nitrogen and oxygen atoms in total. The van der Waals surface area contributed by atoms with Gasteiger partial charge < -0.3 is 10.4 Å². The number of carboxylic acid groups (broad SMARTS) is 1. The van der Waals surface area contributed by atoms with E-state index in [2.05, 4.69) is 24.1 Å². The second kappa shape index (κ2) is 6.07. The van der Waals surface area contributed by atoms with Gasteiger partial charge in [-0.25, -0.2) is 9.78 Å². The highest BCUT2D eigenvalue weighted by atomic mass is 16.6. The molecule has 0 bridgehead atoms. The highest BCUT2D eigenvalue weighted by Gasteiger charge is 2.33. The van der Waals surface area contributed by atoms with Crippen molar-refractivity contribution in [2.24, 2.45) is 11.8 Å². The van der Waals surface area contributed by atoms with E-state index in [0.717, 1.165) is 25.3 Å². The first-order valence-electron chi connectivity index (χ1n) is 7.09. The molecule has 2 N–H and O–H groups in total. The molecule has 0 aliphatic heterocycles. The van der Waals surface area contributed by atoms with E-state index < -0.39 is 10.9 Å². The number of nitro groups is 1. The molecule has 0 aromatic carbocycles. The fourth-order valence-corrected chi connectivity index (χ4v) is 3.03. The van der Waals surface area contributed by atoms with Crippen LogP contribution in [0.5, 0.6) is 0 Å². The van der Waals surface area contributed by atoms with Gasteiger partial charge in [-0.05, 0) is 30.7 Å². The number of aromatic carboxylic acids is 1. The Kier molecular flexibility index (Phi) is 4.40. The Balaban J connectivity index is 2.27. The van der Waals surface area contributed by atoms with E-state index in [1.807, 2.05) is 0 Å². The molecule has 21 heavy (non-hydrogen) atoms. The third kappa shape index (κ3) is 3.12. The molecule has 3 atom stereocenters. The summed E-state index contributed by atoms with van der Waals surface area (Å²) in [6.45, 7) is 4.25. The number of hydrogen-bond donors (Lipinski definition) is 2. The smallest absolute Gasteiger partial charge is 0.354 e. The number of aromatic nitrogens is 1. The zero-order valence-electron chi connectivity index (χ0n) is 12.1. The molecule has 1 heterocycles. The lowest BCUT2D eigenvalue weighted by molar-refractivity contribution is -0.384. The molecular formula is C14H19N3O4. The second-order valence-corrected chi connectivity index (χ2v) is 5.48. The van der Waals surface area contributed by atoms with Gasteiger partial charge in [0.2, 0.25) is 5.82 Å². The quantitative estimate of drug-likeness (QED) is 0.638. The Morgan fingerprint density at radius 3 is 2.76 bits per heavy atom. The van der Waals surface area contributed by atoms with Crippen LogP contribution in [0.2, 0.25) is 0 Å². The van der Waals surface area contributed by atoms with Gasteiger partial charge in [0.05, 0.1) is 4.92 Å². The molecule has 0 saturated heterocycles. The monoisotopic (exact) mass is 293 g/mol. The number of nitrogens with zero attached hydrogens (tertiary/aromatic N) is 2. The van der Waals surface area contributed by atoms with E-state index in [4.69, 9.17) is 5.11 Å². The molecule has 1 aromatic rings. The van der Waals surface area contributed by atoms with Gasteiger partial charge in [-0.3, -0.25) is 10.1 Å². The van der Waals surface area contributed by atoms with Gasteiger partial charge in [0.25, 0.3) is 0 Å². The predicted molar refractivity (Wildman–Crippen MR) is 77.4 cm³/mol. The maximum absolute atomic E-state index is 11.1. The molecule has 1 aliphatic rings. The van der Waals surface area contributed by atoms with Gasteiger partial charge in [-0.15, -0.1) is 0 Å². The fraction of sp³-hybridized carbons (Fsp3) is 0.571. The van der Waals surface area contributed by atoms with Gasteiger partial charge in [0.1, 0.15) is 0 Å². The van der Waals surface area contributed by atoms with E-state index >= 15 is 0 Å². The molecule has 7 heteroatoms. The first-order valence-corrected chi connectivity index (χ1v) is 7.09. The molecule has 114 valence electrons. The van der Waals surface area contributed by atoms with Gasteiger partial charge in [0, 0.05) is 12.1 Å². The lowest BCUT2D eigenvalue weighted by Crippen LogP contribution is -2.26. The Hall–Kier alpha value is -2.18. The maximum atomic E-state index is 11.1. The van der Waals surface area contributed by atoms with E-state index in [-0.39, 0.29) is 23.2 Å². The highest BCUT2D eigenvalue weighted by Crippen LogP contribution is 2.36. The van der Waals surface area contributed by atoms with Crippen molar-refractivity contribution in [3.05, 3.63) is 27.9 Å². The Labute approximate surface area is 122 Å². The number of hydrogen-bond acceptors (Lipinski definition) is 5. The Bertz CT molecular complexity index is 561. The average Bonchev–Trinajstić information content (AvgIpc) is 2.79. The van der Waals surface area contributed by atoms with Gasteiger partial charge >= 0.3 is 11.7 Å². The molecule has 1 fully saturated rings. The molecule has 1 saturated carbocycles. The SMILES string of the molecule is CCC1CCC(Nc2nc(C(=O)O)ccc2[N+](=O)[O-])C1C. The summed E-state index contributed by atoms with van der Waals surface area (Å²) >= 11 is 0. The minimum absolute atomic E-state index is 0.0495. The lowest BCUT2D eigenvalue weighted by atomic mass is 9.93. The van der Waals surface area contributed by atoms with E-state index in [0.29, 0.717) is 11.8 Å². The lowest BCUT2D eigenvalue weighted by Gasteiger charge is -2.21. The number of rotatable bonds is 5. The minimum Gasteiger partial charge on any atom is -0.477 e. The number of nitrogens with one attached hydrogen (secondary N) is 1. The largest absolute Gasteiger partial charge is 0.477 e. The summed E-state index contributed by atoms with van der Waals surface area (Å²) in [6.07, 6.45) is 3.06. The van der Waals surface area contributed by atoms with Crippen LogP contribution in [0.3, 0.4) is 0 Å². The number of anilines is 1. The first kappa shape index (κ1) is 15.2. The van der Waals surface area contributed by atoms with Gasteiger partial charge in [0.15, 0.2) is 5.69 Å². The zero-order chi connectivity index (χ0) is 15.6. The minimum atomic E-state index is -1.20. The average molecular weight is 293 g/mol. The standard InChI is InChI=1S/C14H19N3O4/c1-3-9-4-5-10(8(9)2)15-13-12(17(20)21)7-6-11(16-13)14(18)19/h6-10H,3-5H2,1-2H3,(H,15,16)(H,18,19). The van der Waals surface area contributed by atoms with Crippen LogP contribution < -0.4 is 5.32 Å². The van der Waals surface area contributed by atoms with Crippen molar-refractivity contribution in [1.82, 2.24) is 4.98 Å². The zero-order valence-corrected chi connectivity index (χ0v) is 12.1. The van der Waals surface area contributed by atoms with Crippen molar-refractivity contribution in [3.8, 4) is 0 Å². The molecule has 3 unspecified atom stereocenters. The van der Waals surface area contributed by atoms with Gasteiger partial charge in [-0.2, -0.15) is 0 Å². The normalized spacial score (nSPS) is 24.8. The van der Waals surface area contributed by atoms with Crippen molar-refractivity contribution in [2.45, 2.75) is 39.2 Å². The van der Waals surface area contributed by atoms with Crippen LogP contribution in [-0.4, -0.2) is 27.0 Å². The van der Waals surface area contributed by atoms with Crippen LogP contribution >= 0.6 is 0 Å². The number of carbonyl (C=O) groups is 1. The van der Waals surface area contributed by atoms with Crippen LogP contribution in [0.1, 0.15) is 43.6 Å². The van der Waals surface area contributed by atoms with Crippen LogP contribution in [0.25, 0.3) is 0 Å². The Morgan fingerprint density at radius 1 is 1.52 bits per heavy atom. The topological polar surface area (TPSA) is 105 Å². The second-order valence-electron chi connectivity index (χ2n) is 5.48. The summed E-state index contributed by atoms with van der Waals surface area (Å²) in [6, 6.07) is 2.43. The molecule has 0 radical (unpaired) electrons. The highest BCUT2D eigenvalue weighted by molar-refractivity contribution is 5.86. The Morgan fingerprint density at radius 2 is 2.24 bits per heavy atom. The van der Waals surface area contributed by atoms with E-state index in [9.17, 15) is 14.9 Å². The predicted octanol–water partition coefficient (Wildman–Crippen LogP) is 2.92. The van der Waals surface area contributed by atoms with E-state index in [1.54, 1.807) is 0 Å². The molecule has 1 aliphatic carbocycles. The van der Waals surface area contributed by atoms with Crippen LogP contribution in [0.15, 0.2) is 12.1 Å². The molecule has 1 aromatic heterocycles. The van der Waals surface area contributed by atoms with Crippen molar-refractivity contribution in [2.75, 3.05) is 5.32 Å². The molecular weight excluding hydrogens is 274 g/mol. The van der Waals surface area contributed by atoms with E-state index in [1.165, 1.54) is 6.07 Å². The third-order valence-corrected chi connectivity index (χ3v) is 4.36. The number of pyridine rings is 1. The van der Waals surface area contributed by atoms with Crippen LogP contribution in [0, 0.1) is 22.0 Å². The molecule has 2 rings (SSSR count). The molecule has 0 spiro atoms. The number of carboxylic acids is 1. The third-order valence-electron chi connectivity index (χ3n) is 4.36. The van der Waals surface area contributed by atoms with Crippen LogP contribution in [0.4, 0.5) is 11.5 Å². The van der Waals surface area contributed by atoms with Crippen molar-refractivity contribution >= 4 is 17.5 Å². The summed E-state index contributed by atoms with van der Waals surface area (Å²) in [5, 5.41) is 23.1. The van der Waals surface area contributed by atoms with Crippen LogP contribution in [-0.2, 0) is 0 Å².